The lowest BCUT2D eigenvalue weighted by atomic mass is 9.71. The Labute approximate surface area is 220 Å². The highest BCUT2D eigenvalue weighted by atomic mass is 16.7. The molecule has 0 amide bonds. The fraction of sp³-hybridized carbons (Fsp3) is 0.500. The molecule has 10 nitrogen and oxygen atoms in total. The Morgan fingerprint density at radius 3 is 2.45 bits per heavy atom. The SMILES string of the molecule is CCC1(O)CC(O)c2cc3c(c(O)c2C1OC1CC(N(C)C)C(O)C(C)O1)C(=O)c1cccc(O)c1C3=O. The largest absolute Gasteiger partial charge is 0.507 e. The van der Waals surface area contributed by atoms with Crippen LogP contribution < -0.4 is 0 Å². The van der Waals surface area contributed by atoms with Crippen LogP contribution in [-0.2, 0) is 9.47 Å². The molecular formula is C28H33NO9. The minimum atomic E-state index is -1.63. The average molecular weight is 528 g/mol. The molecule has 7 unspecified atom stereocenters. The Bertz CT molecular complexity index is 1310. The normalized spacial score (nSPS) is 32.6. The highest BCUT2D eigenvalue weighted by molar-refractivity contribution is 6.30. The number of hydrogen-bond acceptors (Lipinski definition) is 10. The van der Waals surface area contributed by atoms with Gasteiger partial charge in [0.2, 0.25) is 0 Å². The second kappa shape index (κ2) is 9.41. The predicted molar refractivity (Wildman–Crippen MR) is 134 cm³/mol. The summed E-state index contributed by atoms with van der Waals surface area (Å²) in [5.74, 6) is -2.23. The van der Waals surface area contributed by atoms with Crippen molar-refractivity contribution in [2.24, 2.45) is 0 Å². The van der Waals surface area contributed by atoms with Crippen molar-refractivity contribution >= 4 is 11.6 Å². The van der Waals surface area contributed by atoms with Crippen molar-refractivity contribution < 1.29 is 44.6 Å². The van der Waals surface area contributed by atoms with Gasteiger partial charge in [0.25, 0.3) is 0 Å². The zero-order valence-corrected chi connectivity index (χ0v) is 21.7. The average Bonchev–Trinajstić information content (AvgIpc) is 2.86. The maximum absolute atomic E-state index is 13.5. The van der Waals surface area contributed by atoms with Gasteiger partial charge < -0.3 is 39.9 Å². The number of carbonyl (C=O) groups is 2. The van der Waals surface area contributed by atoms with Crippen LogP contribution in [0.25, 0.3) is 0 Å². The molecule has 38 heavy (non-hydrogen) atoms. The van der Waals surface area contributed by atoms with Gasteiger partial charge >= 0.3 is 0 Å². The third kappa shape index (κ3) is 3.95. The third-order valence-electron chi connectivity index (χ3n) is 8.25. The Kier molecular flexibility index (Phi) is 6.62. The molecule has 10 heteroatoms. The molecule has 0 bridgehead atoms. The van der Waals surface area contributed by atoms with Gasteiger partial charge in [-0.2, -0.15) is 0 Å². The van der Waals surface area contributed by atoms with E-state index in [2.05, 4.69) is 0 Å². The van der Waals surface area contributed by atoms with Crippen LogP contribution in [0, 0.1) is 0 Å². The Balaban J connectivity index is 1.64. The standard InChI is InChI=1S/C28H33NO9/c1-5-28(36)11-18(31)14-9-15-21(24(33)13-7-6-8-17(30)20(13)25(15)34)26(35)22(14)27(28)38-19-10-16(29(3)4)23(32)12(2)37-19/h6-9,12,16,18-19,23,27,30-32,35-36H,5,10-11H2,1-4H3. The van der Waals surface area contributed by atoms with Gasteiger partial charge in [0.05, 0.1) is 35.0 Å². The number of likely N-dealkylation sites (N-methyl/N-ethyl adjacent to an activating group) is 1. The van der Waals surface area contributed by atoms with Gasteiger partial charge in [0, 0.05) is 35.6 Å². The van der Waals surface area contributed by atoms with E-state index in [-0.39, 0.29) is 64.4 Å². The van der Waals surface area contributed by atoms with Gasteiger partial charge in [-0.15, -0.1) is 0 Å². The Morgan fingerprint density at radius 1 is 1.11 bits per heavy atom. The van der Waals surface area contributed by atoms with Gasteiger partial charge in [0.15, 0.2) is 17.9 Å². The number of phenolic OH excluding ortho intramolecular Hbond substituents is 2. The number of phenols is 2. The van der Waals surface area contributed by atoms with Crippen molar-refractivity contribution in [1.82, 2.24) is 4.90 Å². The molecule has 3 aliphatic rings. The highest BCUT2D eigenvalue weighted by Crippen LogP contribution is 2.53. The van der Waals surface area contributed by atoms with Gasteiger partial charge in [-0.25, -0.2) is 0 Å². The van der Waals surface area contributed by atoms with Crippen molar-refractivity contribution in [2.45, 2.75) is 75.5 Å². The summed E-state index contributed by atoms with van der Waals surface area (Å²) in [4.78, 5) is 28.7. The van der Waals surface area contributed by atoms with Crippen LogP contribution in [0.2, 0.25) is 0 Å². The van der Waals surface area contributed by atoms with E-state index in [0.717, 1.165) is 0 Å². The van der Waals surface area contributed by atoms with Gasteiger partial charge in [-0.1, -0.05) is 19.1 Å². The van der Waals surface area contributed by atoms with Crippen LogP contribution in [0.5, 0.6) is 11.5 Å². The summed E-state index contributed by atoms with van der Waals surface area (Å²) in [5.41, 5.74) is -2.09. The zero-order valence-electron chi connectivity index (χ0n) is 21.7. The first-order chi connectivity index (χ1) is 17.9. The Morgan fingerprint density at radius 2 is 1.79 bits per heavy atom. The van der Waals surface area contributed by atoms with Crippen molar-refractivity contribution in [3.63, 3.8) is 0 Å². The minimum absolute atomic E-state index is 0.0142. The molecule has 2 aromatic rings. The maximum atomic E-state index is 13.5. The number of rotatable bonds is 4. The summed E-state index contributed by atoms with van der Waals surface area (Å²) in [6, 6.07) is 5.17. The van der Waals surface area contributed by atoms with Crippen molar-refractivity contribution in [3.8, 4) is 11.5 Å². The first kappa shape index (κ1) is 26.7. The lowest BCUT2D eigenvalue weighted by molar-refractivity contribution is -0.279. The number of benzene rings is 2. The molecule has 0 spiro atoms. The summed E-state index contributed by atoms with van der Waals surface area (Å²) in [6.45, 7) is 3.43. The number of aliphatic hydroxyl groups is 3. The first-order valence-corrected chi connectivity index (χ1v) is 12.8. The molecule has 7 atom stereocenters. The first-order valence-electron chi connectivity index (χ1n) is 12.8. The number of hydrogen-bond donors (Lipinski definition) is 5. The fourth-order valence-corrected chi connectivity index (χ4v) is 6.03. The molecule has 0 radical (unpaired) electrons. The van der Waals surface area contributed by atoms with E-state index in [1.165, 1.54) is 24.3 Å². The van der Waals surface area contributed by atoms with E-state index in [1.807, 2.05) is 19.0 Å². The molecule has 2 aromatic carbocycles. The molecule has 1 fully saturated rings. The van der Waals surface area contributed by atoms with E-state index in [1.54, 1.807) is 13.8 Å². The van der Waals surface area contributed by atoms with Crippen molar-refractivity contribution in [2.75, 3.05) is 14.1 Å². The zero-order chi connectivity index (χ0) is 27.7. The fourth-order valence-electron chi connectivity index (χ4n) is 6.03. The van der Waals surface area contributed by atoms with Crippen LogP contribution in [0.3, 0.4) is 0 Å². The van der Waals surface area contributed by atoms with E-state index < -0.39 is 53.6 Å². The molecule has 0 aromatic heterocycles. The van der Waals surface area contributed by atoms with Gasteiger partial charge in [0.1, 0.15) is 17.6 Å². The van der Waals surface area contributed by atoms with Crippen molar-refractivity contribution in [1.29, 1.82) is 0 Å². The quantitative estimate of drug-likeness (QED) is 0.340. The molecule has 1 heterocycles. The topological polar surface area (TPSA) is 157 Å². The number of ether oxygens (including phenoxy) is 2. The van der Waals surface area contributed by atoms with Gasteiger partial charge in [-0.3, -0.25) is 9.59 Å². The minimum Gasteiger partial charge on any atom is -0.507 e. The lowest BCUT2D eigenvalue weighted by Gasteiger charge is -2.47. The summed E-state index contributed by atoms with van der Waals surface area (Å²) in [7, 11) is 3.65. The smallest absolute Gasteiger partial charge is 0.198 e. The molecule has 2 aliphatic carbocycles. The number of fused-ring (bicyclic) bond motifs is 3. The Hall–Kier alpha value is -2.86. The third-order valence-corrected chi connectivity index (χ3v) is 8.25. The lowest BCUT2D eigenvalue weighted by Crippen LogP contribution is -2.54. The molecule has 0 saturated carbocycles. The van der Waals surface area contributed by atoms with E-state index >= 15 is 0 Å². The maximum Gasteiger partial charge on any atom is 0.198 e. The monoisotopic (exact) mass is 527 g/mol. The molecule has 5 N–H and O–H groups in total. The number of carbonyl (C=O) groups excluding carboxylic acids is 2. The number of aromatic hydroxyl groups is 2. The molecule has 204 valence electrons. The number of ketones is 2. The summed E-state index contributed by atoms with van der Waals surface area (Å²) in [6.07, 6.45) is -4.43. The highest BCUT2D eigenvalue weighted by Gasteiger charge is 2.51. The van der Waals surface area contributed by atoms with Crippen molar-refractivity contribution in [3.05, 3.63) is 57.6 Å². The second-order valence-corrected chi connectivity index (χ2v) is 10.7. The molecule has 1 aliphatic heterocycles. The van der Waals surface area contributed by atoms with Crippen LogP contribution >= 0.6 is 0 Å². The number of nitrogens with zero attached hydrogens (tertiary/aromatic N) is 1. The summed E-state index contributed by atoms with van der Waals surface area (Å²) >= 11 is 0. The van der Waals surface area contributed by atoms with Crippen LogP contribution in [0.4, 0.5) is 0 Å². The summed E-state index contributed by atoms with van der Waals surface area (Å²) in [5, 5.41) is 55.0. The van der Waals surface area contributed by atoms with E-state index in [0.29, 0.717) is 0 Å². The molecular weight excluding hydrogens is 494 g/mol. The van der Waals surface area contributed by atoms with Crippen LogP contribution in [0.15, 0.2) is 24.3 Å². The molecule has 5 rings (SSSR count). The van der Waals surface area contributed by atoms with E-state index in [4.69, 9.17) is 9.47 Å². The van der Waals surface area contributed by atoms with Crippen LogP contribution in [0.1, 0.15) is 88.3 Å². The number of aliphatic hydroxyl groups excluding tert-OH is 2. The predicted octanol–water partition coefficient (Wildman–Crippen LogP) is 1.94. The van der Waals surface area contributed by atoms with Gasteiger partial charge in [-0.05, 0) is 45.1 Å². The summed E-state index contributed by atoms with van der Waals surface area (Å²) < 4.78 is 12.2. The molecule has 1 saturated heterocycles. The second-order valence-electron chi connectivity index (χ2n) is 10.7. The van der Waals surface area contributed by atoms with E-state index in [9.17, 15) is 35.1 Å². The van der Waals surface area contributed by atoms with Crippen LogP contribution in [-0.4, -0.2) is 86.2 Å².